The maximum atomic E-state index is 13.3. The molecule has 1 N–H and O–H groups in total. The molecular weight excluding hydrogens is 327 g/mol. The molecule has 0 saturated carbocycles. The van der Waals surface area contributed by atoms with E-state index in [9.17, 15) is 4.39 Å². The Balaban J connectivity index is 1.77. The van der Waals surface area contributed by atoms with Crippen molar-refractivity contribution in [1.29, 1.82) is 0 Å². The van der Waals surface area contributed by atoms with Crippen molar-refractivity contribution in [3.8, 4) is 11.5 Å². The first kappa shape index (κ1) is 13.7. The largest absolute Gasteiger partial charge is 0.334 e. The number of hydrogen-bond acceptors (Lipinski definition) is 5. The van der Waals surface area contributed by atoms with Gasteiger partial charge < -0.3 is 9.84 Å². The van der Waals surface area contributed by atoms with Gasteiger partial charge in [0, 0.05) is 30.7 Å². The number of piperazine rings is 1. The van der Waals surface area contributed by atoms with E-state index in [4.69, 9.17) is 4.52 Å². The highest BCUT2D eigenvalue weighted by Crippen LogP contribution is 2.27. The molecule has 0 spiro atoms. The summed E-state index contributed by atoms with van der Waals surface area (Å²) in [5, 5.41) is 7.26. The molecule has 1 aromatic carbocycles. The van der Waals surface area contributed by atoms with Crippen LogP contribution in [0.25, 0.3) is 11.5 Å². The van der Waals surface area contributed by atoms with E-state index in [0.29, 0.717) is 23.8 Å². The minimum atomic E-state index is -0.329. The van der Waals surface area contributed by atoms with Crippen molar-refractivity contribution in [2.75, 3.05) is 26.2 Å². The molecule has 0 atom stereocenters. The Morgan fingerprint density at radius 1 is 1.35 bits per heavy atom. The first-order valence-corrected chi connectivity index (χ1v) is 7.23. The average molecular weight is 341 g/mol. The first-order valence-electron chi connectivity index (χ1n) is 6.43. The van der Waals surface area contributed by atoms with Crippen LogP contribution in [0.5, 0.6) is 0 Å². The van der Waals surface area contributed by atoms with E-state index in [1.54, 1.807) is 6.07 Å². The molecule has 3 rings (SSSR count). The van der Waals surface area contributed by atoms with Crippen molar-refractivity contribution in [2.45, 2.75) is 6.54 Å². The van der Waals surface area contributed by atoms with Crippen LogP contribution in [-0.2, 0) is 6.54 Å². The lowest BCUT2D eigenvalue weighted by Crippen LogP contribution is -2.43. The highest BCUT2D eigenvalue weighted by Gasteiger charge is 2.16. The Bertz CT molecular complexity index is 598. The summed E-state index contributed by atoms with van der Waals surface area (Å²) in [5.74, 6) is 0.629. The molecule has 0 amide bonds. The van der Waals surface area contributed by atoms with E-state index in [-0.39, 0.29) is 5.82 Å². The predicted octanol–water partition coefficient (Wildman–Crippen LogP) is 2.04. The molecule has 0 radical (unpaired) electrons. The van der Waals surface area contributed by atoms with E-state index >= 15 is 0 Å². The zero-order valence-corrected chi connectivity index (χ0v) is 12.4. The summed E-state index contributed by atoms with van der Waals surface area (Å²) in [6.45, 7) is 4.53. The van der Waals surface area contributed by atoms with Gasteiger partial charge in [-0.25, -0.2) is 4.39 Å². The van der Waals surface area contributed by atoms with Crippen LogP contribution in [0, 0.1) is 5.82 Å². The fourth-order valence-corrected chi connectivity index (χ4v) is 2.57. The molecular formula is C13H14BrFN4O. The number of nitrogens with zero attached hydrogens (tertiary/aromatic N) is 3. The third-order valence-corrected chi connectivity index (χ3v) is 3.89. The van der Waals surface area contributed by atoms with Gasteiger partial charge in [0.2, 0.25) is 0 Å². The van der Waals surface area contributed by atoms with Gasteiger partial charge >= 0.3 is 0 Å². The van der Waals surface area contributed by atoms with Gasteiger partial charge in [0.05, 0.1) is 12.1 Å². The highest BCUT2D eigenvalue weighted by molar-refractivity contribution is 9.10. The van der Waals surface area contributed by atoms with Crippen LogP contribution >= 0.6 is 15.9 Å². The molecule has 1 aliphatic heterocycles. The predicted molar refractivity (Wildman–Crippen MR) is 75.5 cm³/mol. The van der Waals surface area contributed by atoms with Crippen LogP contribution in [0.1, 0.15) is 5.82 Å². The molecule has 1 fully saturated rings. The zero-order valence-electron chi connectivity index (χ0n) is 10.8. The Hall–Kier alpha value is -1.31. The van der Waals surface area contributed by atoms with Gasteiger partial charge in [-0.05, 0) is 34.1 Å². The minimum Gasteiger partial charge on any atom is -0.334 e. The van der Waals surface area contributed by atoms with Gasteiger partial charge in [-0.1, -0.05) is 5.16 Å². The lowest BCUT2D eigenvalue weighted by Gasteiger charge is -2.25. The van der Waals surface area contributed by atoms with Gasteiger partial charge in [0.25, 0.3) is 5.89 Å². The smallest absolute Gasteiger partial charge is 0.259 e. The minimum absolute atomic E-state index is 0.329. The molecule has 2 heterocycles. The lowest BCUT2D eigenvalue weighted by molar-refractivity contribution is 0.225. The van der Waals surface area contributed by atoms with Crippen LogP contribution in [0.2, 0.25) is 0 Å². The van der Waals surface area contributed by atoms with Crippen molar-refractivity contribution in [1.82, 2.24) is 20.4 Å². The normalized spacial score (nSPS) is 16.5. The Labute approximate surface area is 124 Å². The number of nitrogens with one attached hydrogen (secondary N) is 1. The summed E-state index contributed by atoms with van der Waals surface area (Å²) in [5.41, 5.74) is 0.573. The monoisotopic (exact) mass is 340 g/mol. The maximum absolute atomic E-state index is 13.3. The van der Waals surface area contributed by atoms with E-state index in [0.717, 1.165) is 30.7 Å². The van der Waals surface area contributed by atoms with Crippen LogP contribution < -0.4 is 5.32 Å². The molecule has 20 heavy (non-hydrogen) atoms. The number of benzene rings is 1. The summed E-state index contributed by atoms with van der Waals surface area (Å²) >= 11 is 3.36. The third-order valence-electron chi connectivity index (χ3n) is 3.20. The third kappa shape index (κ3) is 3.05. The van der Waals surface area contributed by atoms with E-state index in [1.165, 1.54) is 12.1 Å². The van der Waals surface area contributed by atoms with Crippen LogP contribution in [0.4, 0.5) is 4.39 Å². The molecule has 5 nitrogen and oxygen atoms in total. The van der Waals surface area contributed by atoms with Gasteiger partial charge in [-0.2, -0.15) is 4.98 Å². The van der Waals surface area contributed by atoms with Gasteiger partial charge in [0.1, 0.15) is 5.82 Å². The average Bonchev–Trinajstić information content (AvgIpc) is 2.91. The topological polar surface area (TPSA) is 54.2 Å². The van der Waals surface area contributed by atoms with Crippen LogP contribution in [0.15, 0.2) is 27.2 Å². The van der Waals surface area contributed by atoms with E-state index < -0.39 is 0 Å². The molecule has 1 saturated heterocycles. The van der Waals surface area contributed by atoms with Gasteiger partial charge in [0.15, 0.2) is 5.82 Å². The molecule has 7 heteroatoms. The maximum Gasteiger partial charge on any atom is 0.259 e. The molecule has 0 unspecified atom stereocenters. The fourth-order valence-electron chi connectivity index (χ4n) is 2.16. The number of hydrogen-bond donors (Lipinski definition) is 1. The SMILES string of the molecule is Fc1ccc(Br)c(-c2nc(CN3CCNCC3)no2)c1. The summed E-state index contributed by atoms with van der Waals surface area (Å²) in [6.07, 6.45) is 0. The van der Waals surface area contributed by atoms with Gasteiger partial charge in [-0.15, -0.1) is 0 Å². The molecule has 1 aliphatic rings. The lowest BCUT2D eigenvalue weighted by atomic mass is 10.2. The Morgan fingerprint density at radius 3 is 2.95 bits per heavy atom. The summed E-state index contributed by atoms with van der Waals surface area (Å²) in [6, 6.07) is 4.39. The second-order valence-electron chi connectivity index (χ2n) is 4.67. The standard InChI is InChI=1S/C13H14BrFN4O/c14-11-2-1-9(15)7-10(11)13-17-12(18-20-13)8-19-5-3-16-4-6-19/h1-2,7,16H,3-6,8H2. The fraction of sp³-hybridized carbons (Fsp3) is 0.385. The second-order valence-corrected chi connectivity index (χ2v) is 5.52. The van der Waals surface area contributed by atoms with E-state index in [2.05, 4.69) is 36.3 Å². The number of rotatable bonds is 3. The Morgan fingerprint density at radius 2 is 2.15 bits per heavy atom. The van der Waals surface area contributed by atoms with Crippen molar-refractivity contribution >= 4 is 15.9 Å². The first-order chi connectivity index (χ1) is 9.72. The van der Waals surface area contributed by atoms with Crippen LogP contribution in [0.3, 0.4) is 0 Å². The van der Waals surface area contributed by atoms with Crippen molar-refractivity contribution in [3.05, 3.63) is 34.3 Å². The van der Waals surface area contributed by atoms with Crippen molar-refractivity contribution in [2.24, 2.45) is 0 Å². The molecule has 0 aliphatic carbocycles. The van der Waals surface area contributed by atoms with Crippen molar-refractivity contribution < 1.29 is 8.91 Å². The zero-order chi connectivity index (χ0) is 13.9. The molecule has 0 bridgehead atoms. The Kier molecular flexibility index (Phi) is 4.09. The second kappa shape index (κ2) is 5.99. The number of halogens is 2. The molecule has 2 aromatic rings. The summed E-state index contributed by atoms with van der Waals surface area (Å²) < 4.78 is 19.2. The number of aromatic nitrogens is 2. The summed E-state index contributed by atoms with van der Waals surface area (Å²) in [7, 11) is 0. The molecule has 1 aromatic heterocycles. The van der Waals surface area contributed by atoms with Crippen LogP contribution in [-0.4, -0.2) is 41.2 Å². The quantitative estimate of drug-likeness (QED) is 0.926. The van der Waals surface area contributed by atoms with E-state index in [1.807, 2.05) is 0 Å². The summed E-state index contributed by atoms with van der Waals surface area (Å²) in [4.78, 5) is 6.60. The highest BCUT2D eigenvalue weighted by atomic mass is 79.9. The van der Waals surface area contributed by atoms with Gasteiger partial charge in [-0.3, -0.25) is 4.90 Å². The van der Waals surface area contributed by atoms with Crippen molar-refractivity contribution in [3.63, 3.8) is 0 Å². The molecule has 106 valence electrons.